The number of unbranched alkanes of at least 4 members (excludes halogenated alkanes) is 4. The summed E-state index contributed by atoms with van der Waals surface area (Å²) >= 11 is 0. The van der Waals surface area contributed by atoms with Gasteiger partial charge in [-0.05, 0) is 61.6 Å². The van der Waals surface area contributed by atoms with Crippen molar-refractivity contribution in [3.05, 3.63) is 27.8 Å². The van der Waals surface area contributed by atoms with Crippen molar-refractivity contribution in [3.8, 4) is 0 Å². The first-order valence-corrected chi connectivity index (χ1v) is 13.2. The van der Waals surface area contributed by atoms with Gasteiger partial charge in [-0.15, -0.1) is 0 Å². The molecule has 1 rings (SSSR count). The first-order valence-electron chi connectivity index (χ1n) is 11.7. The quantitative estimate of drug-likeness (QED) is 0.194. The molecule has 1 aromatic rings. The number of hydrogen-bond acceptors (Lipinski definition) is 5. The molecule has 0 spiro atoms. The zero-order valence-electron chi connectivity index (χ0n) is 19.8. The average molecular weight is 471 g/mol. The normalized spacial score (nSPS) is 11.5. The highest BCUT2D eigenvalue weighted by Crippen LogP contribution is 2.36. The van der Waals surface area contributed by atoms with Crippen LogP contribution in [0.4, 0.5) is 0 Å². The van der Waals surface area contributed by atoms with Crippen LogP contribution in [0.15, 0.2) is 4.90 Å². The highest BCUT2D eigenvalue weighted by atomic mass is 32.2. The van der Waals surface area contributed by atoms with Crippen molar-refractivity contribution in [2.75, 3.05) is 6.61 Å². The van der Waals surface area contributed by atoms with Crippen LogP contribution in [0.1, 0.15) is 116 Å². The molecule has 0 saturated carbocycles. The Hall–Kier alpha value is -1.93. The van der Waals surface area contributed by atoms with Crippen molar-refractivity contribution < 1.29 is 32.4 Å². The van der Waals surface area contributed by atoms with Crippen LogP contribution in [0.25, 0.3) is 0 Å². The third-order valence-corrected chi connectivity index (χ3v) is 6.51. The summed E-state index contributed by atoms with van der Waals surface area (Å²) in [4.78, 5) is 25.1. The molecule has 0 aliphatic carbocycles. The molecule has 7 nitrogen and oxygen atoms in total. The van der Waals surface area contributed by atoms with E-state index in [0.29, 0.717) is 37.7 Å². The number of carbonyl (C=O) groups is 2. The Morgan fingerprint density at radius 1 is 0.750 bits per heavy atom. The third-order valence-electron chi connectivity index (χ3n) is 5.50. The van der Waals surface area contributed by atoms with Crippen molar-refractivity contribution in [2.45, 2.75) is 103 Å². The second-order valence-corrected chi connectivity index (χ2v) is 9.45. The molecule has 8 heteroatoms. The highest BCUT2D eigenvalue weighted by Gasteiger charge is 2.34. The highest BCUT2D eigenvalue weighted by molar-refractivity contribution is 7.86. The Morgan fingerprint density at radius 3 is 1.59 bits per heavy atom. The van der Waals surface area contributed by atoms with Gasteiger partial charge >= 0.3 is 11.9 Å². The molecule has 0 heterocycles. The zero-order valence-corrected chi connectivity index (χ0v) is 20.6. The fourth-order valence-corrected chi connectivity index (χ4v) is 4.91. The maximum Gasteiger partial charge on any atom is 0.338 e. The van der Waals surface area contributed by atoms with E-state index in [0.717, 1.165) is 25.7 Å². The molecular formula is C24H38O7S. The molecular weight excluding hydrogens is 432 g/mol. The Morgan fingerprint density at radius 2 is 1.19 bits per heavy atom. The first-order chi connectivity index (χ1) is 15.1. The van der Waals surface area contributed by atoms with Gasteiger partial charge < -0.3 is 9.84 Å². The van der Waals surface area contributed by atoms with E-state index in [4.69, 9.17) is 4.74 Å². The van der Waals surface area contributed by atoms with E-state index in [1.165, 1.54) is 0 Å². The van der Waals surface area contributed by atoms with Gasteiger partial charge in [0.25, 0.3) is 10.1 Å². The molecule has 182 valence electrons. The summed E-state index contributed by atoms with van der Waals surface area (Å²) in [7, 11) is -4.77. The number of rotatable bonds is 15. The molecule has 0 aromatic heterocycles. The number of hydrogen-bond donors (Lipinski definition) is 2. The number of esters is 1. The van der Waals surface area contributed by atoms with Gasteiger partial charge in [0.05, 0.1) is 17.7 Å². The monoisotopic (exact) mass is 470 g/mol. The van der Waals surface area contributed by atoms with Gasteiger partial charge in [0, 0.05) is 0 Å². The number of carbonyl (C=O) groups excluding carboxylic acids is 1. The van der Waals surface area contributed by atoms with E-state index < -0.39 is 27.0 Å². The van der Waals surface area contributed by atoms with Gasteiger partial charge in [0.2, 0.25) is 0 Å². The second-order valence-electron chi connectivity index (χ2n) is 8.10. The summed E-state index contributed by atoms with van der Waals surface area (Å²) in [6, 6.07) is 0. The molecule has 0 aliphatic rings. The van der Waals surface area contributed by atoms with E-state index in [1.54, 1.807) is 0 Å². The molecule has 0 radical (unpaired) electrons. The van der Waals surface area contributed by atoms with Gasteiger partial charge in [0.1, 0.15) is 4.90 Å². The lowest BCUT2D eigenvalue weighted by atomic mass is 9.85. The molecule has 0 fully saturated rings. The summed E-state index contributed by atoms with van der Waals surface area (Å²) in [5.41, 5.74) is 0.447. The van der Waals surface area contributed by atoms with Crippen LogP contribution in [-0.4, -0.2) is 36.6 Å². The smallest absolute Gasteiger partial charge is 0.338 e. The Labute approximate surface area is 192 Å². The molecule has 2 N–H and O–H groups in total. The maximum absolute atomic E-state index is 13.2. The van der Waals surface area contributed by atoms with Crippen molar-refractivity contribution in [1.82, 2.24) is 0 Å². The number of benzene rings is 1. The summed E-state index contributed by atoms with van der Waals surface area (Å²) in [5, 5.41) is 10.1. The SMILES string of the molecule is CCCCOC(=O)c1c(CCCC)c(C(=O)O)c(CCCC)c(S(=O)(=O)O)c1CCCC. The molecule has 0 saturated heterocycles. The van der Waals surface area contributed by atoms with Crippen LogP contribution in [0.3, 0.4) is 0 Å². The predicted octanol–water partition coefficient (Wildman–Crippen LogP) is 5.62. The minimum atomic E-state index is -4.77. The van der Waals surface area contributed by atoms with E-state index in [9.17, 15) is 27.7 Å². The largest absolute Gasteiger partial charge is 0.478 e. The van der Waals surface area contributed by atoms with E-state index >= 15 is 0 Å². The fourth-order valence-electron chi connectivity index (χ4n) is 3.88. The molecule has 0 atom stereocenters. The second kappa shape index (κ2) is 13.6. The van der Waals surface area contributed by atoms with Crippen molar-refractivity contribution in [1.29, 1.82) is 0 Å². The van der Waals surface area contributed by atoms with E-state index in [2.05, 4.69) is 0 Å². The van der Waals surface area contributed by atoms with Gasteiger partial charge in [-0.2, -0.15) is 8.42 Å². The average Bonchev–Trinajstić information content (AvgIpc) is 2.72. The lowest BCUT2D eigenvalue weighted by molar-refractivity contribution is 0.0496. The lowest BCUT2D eigenvalue weighted by Gasteiger charge is -2.23. The maximum atomic E-state index is 13.2. The van der Waals surface area contributed by atoms with E-state index in [1.807, 2.05) is 27.7 Å². The third kappa shape index (κ3) is 7.30. The minimum absolute atomic E-state index is 0.00766. The number of ether oxygens (including phenoxy) is 1. The number of aromatic carboxylic acids is 1. The van der Waals surface area contributed by atoms with Crippen LogP contribution in [-0.2, 0) is 34.1 Å². The molecule has 0 aliphatic heterocycles. The molecule has 32 heavy (non-hydrogen) atoms. The van der Waals surface area contributed by atoms with Crippen LogP contribution < -0.4 is 0 Å². The summed E-state index contributed by atoms with van der Waals surface area (Å²) in [5.74, 6) is -2.01. The Balaban J connectivity index is 4.08. The molecule has 0 unspecified atom stereocenters. The van der Waals surface area contributed by atoms with Crippen LogP contribution in [0.5, 0.6) is 0 Å². The fraction of sp³-hybridized carbons (Fsp3) is 0.667. The van der Waals surface area contributed by atoms with Gasteiger partial charge in [-0.3, -0.25) is 4.55 Å². The number of carboxylic acids is 1. The van der Waals surface area contributed by atoms with Crippen LogP contribution in [0, 0.1) is 0 Å². The first kappa shape index (κ1) is 28.1. The standard InChI is InChI=1S/C24H38O7S/c1-5-9-13-17-20(23(25)26)18(14-10-6-2)22(32(28,29)30)19(15-11-7-3)21(17)24(27)31-16-12-8-4/h5-16H2,1-4H3,(H,25,26)(H,28,29,30). The van der Waals surface area contributed by atoms with Crippen molar-refractivity contribution in [3.63, 3.8) is 0 Å². The Bertz CT molecular complexity index is 888. The van der Waals surface area contributed by atoms with Crippen LogP contribution >= 0.6 is 0 Å². The van der Waals surface area contributed by atoms with E-state index in [-0.39, 0.29) is 41.7 Å². The lowest BCUT2D eigenvalue weighted by Crippen LogP contribution is -2.23. The number of carboxylic acid groups (broad SMARTS) is 1. The molecule has 1 aromatic carbocycles. The summed E-state index contributed by atoms with van der Waals surface area (Å²) in [6.07, 6.45) is 6.23. The molecule has 0 amide bonds. The topological polar surface area (TPSA) is 118 Å². The zero-order chi connectivity index (χ0) is 24.3. The van der Waals surface area contributed by atoms with Gasteiger partial charge in [0.15, 0.2) is 0 Å². The van der Waals surface area contributed by atoms with Crippen molar-refractivity contribution >= 4 is 22.1 Å². The van der Waals surface area contributed by atoms with Crippen LogP contribution in [0.2, 0.25) is 0 Å². The van der Waals surface area contributed by atoms with Gasteiger partial charge in [-0.1, -0.05) is 53.4 Å². The van der Waals surface area contributed by atoms with Gasteiger partial charge in [-0.25, -0.2) is 9.59 Å². The summed E-state index contributed by atoms with van der Waals surface area (Å²) in [6.45, 7) is 7.94. The predicted molar refractivity (Wildman–Crippen MR) is 124 cm³/mol. The minimum Gasteiger partial charge on any atom is -0.478 e. The summed E-state index contributed by atoms with van der Waals surface area (Å²) < 4.78 is 40.7. The molecule has 0 bridgehead atoms. The van der Waals surface area contributed by atoms with Crippen molar-refractivity contribution in [2.24, 2.45) is 0 Å². The Kier molecular flexibility index (Phi) is 11.9.